The first-order valence-electron chi connectivity index (χ1n) is 3.84. The zero-order valence-corrected chi connectivity index (χ0v) is 7.01. The summed E-state index contributed by atoms with van der Waals surface area (Å²) in [6.07, 6.45) is 2.64. The van der Waals surface area contributed by atoms with Crippen LogP contribution in [-0.4, -0.2) is 12.7 Å². The zero-order chi connectivity index (χ0) is 9.52. The molecular formula is C10H10NO2. The van der Waals surface area contributed by atoms with Crippen LogP contribution in [0.5, 0.6) is 0 Å². The molecule has 0 saturated heterocycles. The summed E-state index contributed by atoms with van der Waals surface area (Å²) in [5, 5.41) is 0. The Balaban J connectivity index is 2.53. The average molecular weight is 176 g/mol. The van der Waals surface area contributed by atoms with Crippen molar-refractivity contribution in [3.8, 4) is 0 Å². The third kappa shape index (κ3) is 3.53. The molecule has 3 nitrogen and oxygen atoms in total. The number of hydrogen-bond donors (Lipinski definition) is 1. The number of benzene rings is 1. The second kappa shape index (κ2) is 5.11. The van der Waals surface area contributed by atoms with Crippen LogP contribution >= 0.6 is 0 Å². The van der Waals surface area contributed by atoms with Crippen molar-refractivity contribution in [3.63, 3.8) is 0 Å². The highest BCUT2D eigenvalue weighted by Gasteiger charge is 1.94. The Morgan fingerprint density at radius 3 is 2.69 bits per heavy atom. The molecule has 0 heterocycles. The molecule has 1 aromatic carbocycles. The van der Waals surface area contributed by atoms with Crippen molar-refractivity contribution in [1.29, 1.82) is 0 Å². The molecule has 3 heteroatoms. The van der Waals surface area contributed by atoms with E-state index in [9.17, 15) is 4.79 Å². The molecule has 0 aliphatic carbocycles. The molecule has 2 N–H and O–H groups in total. The van der Waals surface area contributed by atoms with E-state index in [1.165, 1.54) is 6.47 Å². The van der Waals surface area contributed by atoms with Crippen molar-refractivity contribution in [3.05, 3.63) is 42.0 Å². The third-order valence-electron chi connectivity index (χ3n) is 1.46. The summed E-state index contributed by atoms with van der Waals surface area (Å²) in [5.41, 5.74) is 6.37. The summed E-state index contributed by atoms with van der Waals surface area (Å²) in [7, 11) is 0. The highest BCUT2D eigenvalue weighted by molar-refractivity contribution is 5.49. The van der Waals surface area contributed by atoms with Gasteiger partial charge < -0.3 is 4.74 Å². The number of nitrogens with two attached hydrogens (primary N) is 1. The van der Waals surface area contributed by atoms with Gasteiger partial charge in [0, 0.05) is 0 Å². The maximum absolute atomic E-state index is 9.77. The van der Waals surface area contributed by atoms with Gasteiger partial charge in [0.1, 0.15) is 0 Å². The van der Waals surface area contributed by atoms with Gasteiger partial charge in [0.15, 0.2) is 6.23 Å². The van der Waals surface area contributed by atoms with Gasteiger partial charge in [-0.15, -0.1) is 0 Å². The Morgan fingerprint density at radius 2 is 2.08 bits per heavy atom. The van der Waals surface area contributed by atoms with Crippen LogP contribution in [0.2, 0.25) is 0 Å². The van der Waals surface area contributed by atoms with Crippen molar-refractivity contribution in [2.45, 2.75) is 6.23 Å². The topological polar surface area (TPSA) is 52.3 Å². The molecule has 0 fully saturated rings. The van der Waals surface area contributed by atoms with Crippen LogP contribution in [-0.2, 0) is 9.53 Å². The SMILES string of the molecule is NC(C=Cc1ccccc1)O[C]=O. The molecule has 0 aromatic heterocycles. The van der Waals surface area contributed by atoms with Crippen molar-refractivity contribution in [1.82, 2.24) is 0 Å². The standard InChI is InChI=1S/C10H10NO2/c11-10(13-8-12)7-6-9-4-2-1-3-5-9/h1-7,10H,11H2. The molecular weight excluding hydrogens is 166 g/mol. The van der Waals surface area contributed by atoms with Gasteiger partial charge in [-0.1, -0.05) is 36.4 Å². The van der Waals surface area contributed by atoms with E-state index < -0.39 is 6.23 Å². The van der Waals surface area contributed by atoms with Crippen LogP contribution in [0.3, 0.4) is 0 Å². The predicted octanol–water partition coefficient (Wildman–Crippen LogP) is 1.07. The molecule has 1 atom stereocenters. The molecule has 0 aliphatic rings. The lowest BCUT2D eigenvalue weighted by molar-refractivity contribution is 0.226. The largest absolute Gasteiger partial charge is 0.435 e. The number of carbonyl (C=O) groups excluding carboxylic acids is 1. The summed E-state index contributed by atoms with van der Waals surface area (Å²) in [4.78, 5) is 9.77. The number of hydrogen-bond acceptors (Lipinski definition) is 3. The molecule has 0 spiro atoms. The smallest absolute Gasteiger partial charge is 0.419 e. The second-order valence-electron chi connectivity index (χ2n) is 2.44. The van der Waals surface area contributed by atoms with Gasteiger partial charge in [-0.3, -0.25) is 5.73 Å². The minimum atomic E-state index is -0.724. The maximum atomic E-state index is 9.77. The summed E-state index contributed by atoms with van der Waals surface area (Å²) in [6.45, 7) is 1.28. The molecule has 1 unspecified atom stereocenters. The molecule has 0 saturated carbocycles. The van der Waals surface area contributed by atoms with Crippen LogP contribution in [0.15, 0.2) is 36.4 Å². The van der Waals surface area contributed by atoms with Crippen LogP contribution in [0.25, 0.3) is 6.08 Å². The van der Waals surface area contributed by atoms with Gasteiger partial charge in [0.2, 0.25) is 0 Å². The monoisotopic (exact) mass is 176 g/mol. The number of ether oxygens (including phenoxy) is 1. The van der Waals surface area contributed by atoms with Crippen molar-refractivity contribution < 1.29 is 9.53 Å². The lowest BCUT2D eigenvalue weighted by Crippen LogP contribution is -2.19. The molecule has 1 rings (SSSR count). The highest BCUT2D eigenvalue weighted by Crippen LogP contribution is 2.01. The van der Waals surface area contributed by atoms with Gasteiger partial charge in [-0.2, -0.15) is 0 Å². The van der Waals surface area contributed by atoms with Gasteiger partial charge in [0.05, 0.1) is 0 Å². The molecule has 13 heavy (non-hydrogen) atoms. The van der Waals surface area contributed by atoms with Gasteiger partial charge >= 0.3 is 6.47 Å². The summed E-state index contributed by atoms with van der Waals surface area (Å²) in [5.74, 6) is 0. The quantitative estimate of drug-likeness (QED) is 0.698. The first-order valence-corrected chi connectivity index (χ1v) is 3.84. The predicted molar refractivity (Wildman–Crippen MR) is 50.2 cm³/mol. The number of rotatable bonds is 4. The van der Waals surface area contributed by atoms with E-state index in [2.05, 4.69) is 4.74 Å². The summed E-state index contributed by atoms with van der Waals surface area (Å²) >= 11 is 0. The van der Waals surface area contributed by atoms with E-state index in [0.29, 0.717) is 0 Å². The Bertz CT molecular complexity index is 282. The van der Waals surface area contributed by atoms with Gasteiger partial charge in [-0.25, -0.2) is 4.79 Å². The van der Waals surface area contributed by atoms with Crippen molar-refractivity contribution in [2.75, 3.05) is 0 Å². The van der Waals surface area contributed by atoms with E-state index in [4.69, 9.17) is 5.73 Å². The Morgan fingerprint density at radius 1 is 1.38 bits per heavy atom. The van der Waals surface area contributed by atoms with E-state index in [1.807, 2.05) is 30.3 Å². The maximum Gasteiger partial charge on any atom is 0.419 e. The molecule has 1 radical (unpaired) electrons. The van der Waals surface area contributed by atoms with Gasteiger partial charge in [-0.05, 0) is 11.6 Å². The third-order valence-corrected chi connectivity index (χ3v) is 1.46. The fraction of sp³-hybridized carbons (Fsp3) is 0.100. The Hall–Kier alpha value is -1.61. The average Bonchev–Trinajstić information content (AvgIpc) is 2.17. The van der Waals surface area contributed by atoms with Crippen LogP contribution in [0.4, 0.5) is 0 Å². The van der Waals surface area contributed by atoms with Crippen LogP contribution in [0, 0.1) is 0 Å². The summed E-state index contributed by atoms with van der Waals surface area (Å²) < 4.78 is 4.35. The first kappa shape index (κ1) is 9.48. The zero-order valence-electron chi connectivity index (χ0n) is 7.01. The molecule has 0 aliphatic heterocycles. The first-order chi connectivity index (χ1) is 6.33. The fourth-order valence-electron chi connectivity index (χ4n) is 0.865. The van der Waals surface area contributed by atoms with Crippen molar-refractivity contribution >= 4 is 12.5 Å². The van der Waals surface area contributed by atoms with Crippen molar-refractivity contribution in [2.24, 2.45) is 5.73 Å². The van der Waals surface area contributed by atoms with E-state index in [1.54, 1.807) is 12.2 Å². The van der Waals surface area contributed by atoms with E-state index in [-0.39, 0.29) is 0 Å². The molecule has 0 amide bonds. The highest BCUT2D eigenvalue weighted by atomic mass is 16.5. The Kier molecular flexibility index (Phi) is 3.73. The van der Waals surface area contributed by atoms with E-state index >= 15 is 0 Å². The van der Waals surface area contributed by atoms with E-state index in [0.717, 1.165) is 5.56 Å². The van der Waals surface area contributed by atoms with Crippen LogP contribution in [0.1, 0.15) is 5.56 Å². The molecule has 1 aromatic rings. The molecule has 0 bridgehead atoms. The molecule has 67 valence electrons. The lowest BCUT2D eigenvalue weighted by Gasteiger charge is -2.00. The fourth-order valence-corrected chi connectivity index (χ4v) is 0.865. The normalized spacial score (nSPS) is 12.7. The lowest BCUT2D eigenvalue weighted by atomic mass is 10.2. The summed E-state index contributed by atoms with van der Waals surface area (Å²) in [6, 6.07) is 9.60. The minimum Gasteiger partial charge on any atom is -0.435 e. The van der Waals surface area contributed by atoms with Gasteiger partial charge in [0.25, 0.3) is 0 Å². The second-order valence-corrected chi connectivity index (χ2v) is 2.44. The Labute approximate surface area is 76.8 Å². The van der Waals surface area contributed by atoms with Crippen LogP contribution < -0.4 is 5.73 Å². The minimum absolute atomic E-state index is 0.724.